The van der Waals surface area contributed by atoms with Crippen molar-refractivity contribution in [1.82, 2.24) is 0 Å². The predicted octanol–water partition coefficient (Wildman–Crippen LogP) is 1.75. The number of aliphatic hydroxyl groups is 1. The molecule has 4 heteroatoms. The third-order valence-corrected chi connectivity index (χ3v) is 3.17. The highest BCUT2D eigenvalue weighted by Crippen LogP contribution is 2.32. The van der Waals surface area contributed by atoms with Gasteiger partial charge in [-0.05, 0) is 30.9 Å². The third-order valence-electron chi connectivity index (χ3n) is 3.17. The summed E-state index contributed by atoms with van der Waals surface area (Å²) in [5.41, 5.74) is 4.95. The first kappa shape index (κ1) is 11.5. The molecule has 2 nitrogen and oxygen atoms in total. The molecule has 0 amide bonds. The lowest BCUT2D eigenvalue weighted by atomic mass is 9.92. The summed E-state index contributed by atoms with van der Waals surface area (Å²) in [5.74, 6) is -1.74. The van der Waals surface area contributed by atoms with Crippen LogP contribution in [0.3, 0.4) is 0 Å². The summed E-state index contributed by atoms with van der Waals surface area (Å²) in [6.45, 7) is 0. The summed E-state index contributed by atoms with van der Waals surface area (Å²) in [7, 11) is 0. The van der Waals surface area contributed by atoms with E-state index in [-0.39, 0.29) is 18.0 Å². The van der Waals surface area contributed by atoms with E-state index in [1.165, 1.54) is 12.1 Å². The molecule has 0 aliphatic heterocycles. The average molecular weight is 227 g/mol. The molecule has 2 rings (SSSR count). The van der Waals surface area contributed by atoms with Crippen molar-refractivity contribution >= 4 is 0 Å². The molecule has 2 unspecified atom stereocenters. The maximum atomic E-state index is 13.4. The van der Waals surface area contributed by atoms with Crippen LogP contribution in [0.5, 0.6) is 0 Å². The average Bonchev–Trinajstić information content (AvgIpc) is 2.54. The van der Waals surface area contributed by atoms with Crippen LogP contribution in [0.2, 0.25) is 0 Å². The first-order valence-corrected chi connectivity index (χ1v) is 5.41. The fraction of sp³-hybridized carbons (Fsp3) is 0.500. The molecule has 0 heterocycles. The lowest BCUT2D eigenvalue weighted by molar-refractivity contribution is 0.0459. The van der Waals surface area contributed by atoms with Gasteiger partial charge in [-0.15, -0.1) is 0 Å². The Balaban J connectivity index is 2.18. The first-order valence-electron chi connectivity index (χ1n) is 5.41. The Labute approximate surface area is 93.1 Å². The minimum absolute atomic E-state index is 0.0402. The maximum absolute atomic E-state index is 13.4. The summed E-state index contributed by atoms with van der Waals surface area (Å²) in [5, 5.41) is 10.2. The quantitative estimate of drug-likeness (QED) is 0.808. The van der Waals surface area contributed by atoms with E-state index in [1.807, 2.05) is 0 Å². The molecule has 0 radical (unpaired) electrons. The molecule has 1 saturated carbocycles. The van der Waals surface area contributed by atoms with Gasteiger partial charge in [-0.25, -0.2) is 8.78 Å². The molecular weight excluding hydrogens is 212 g/mol. The van der Waals surface area contributed by atoms with Gasteiger partial charge in [0.25, 0.3) is 0 Å². The van der Waals surface area contributed by atoms with Gasteiger partial charge in [0.05, 0.1) is 5.60 Å². The number of hydrogen-bond acceptors (Lipinski definition) is 2. The monoisotopic (exact) mass is 227 g/mol. The van der Waals surface area contributed by atoms with Gasteiger partial charge in [-0.1, -0.05) is 12.1 Å². The molecule has 0 bridgehead atoms. The second-order valence-corrected chi connectivity index (χ2v) is 4.62. The van der Waals surface area contributed by atoms with Crippen molar-refractivity contribution in [2.75, 3.05) is 0 Å². The van der Waals surface area contributed by atoms with Gasteiger partial charge >= 0.3 is 0 Å². The molecule has 1 aromatic carbocycles. The highest BCUT2D eigenvalue weighted by Gasteiger charge is 2.36. The summed E-state index contributed by atoms with van der Waals surface area (Å²) in [4.78, 5) is 0. The van der Waals surface area contributed by atoms with Crippen LogP contribution in [0.4, 0.5) is 8.78 Å². The van der Waals surface area contributed by atoms with Crippen molar-refractivity contribution < 1.29 is 13.9 Å². The minimum atomic E-state index is -0.978. The lowest BCUT2D eigenvalue weighted by Gasteiger charge is -2.22. The zero-order chi connectivity index (χ0) is 11.8. The SMILES string of the molecule is NC1CCC(O)(Cc2cccc(F)c2F)C1. The maximum Gasteiger partial charge on any atom is 0.162 e. The molecule has 0 saturated heterocycles. The van der Waals surface area contributed by atoms with E-state index in [1.54, 1.807) is 0 Å². The van der Waals surface area contributed by atoms with Crippen LogP contribution >= 0.6 is 0 Å². The topological polar surface area (TPSA) is 46.2 Å². The van der Waals surface area contributed by atoms with Crippen molar-refractivity contribution in [3.63, 3.8) is 0 Å². The highest BCUT2D eigenvalue weighted by molar-refractivity contribution is 5.21. The third kappa shape index (κ3) is 2.23. The fourth-order valence-corrected chi connectivity index (χ4v) is 2.35. The Morgan fingerprint density at radius 1 is 1.44 bits per heavy atom. The molecule has 1 fully saturated rings. The van der Waals surface area contributed by atoms with Crippen molar-refractivity contribution in [1.29, 1.82) is 0 Å². The van der Waals surface area contributed by atoms with Crippen LogP contribution in [-0.4, -0.2) is 16.7 Å². The van der Waals surface area contributed by atoms with E-state index in [4.69, 9.17) is 5.73 Å². The molecule has 1 aliphatic carbocycles. The Bertz CT molecular complexity index is 397. The Hall–Kier alpha value is -1.00. The van der Waals surface area contributed by atoms with Crippen LogP contribution in [0.1, 0.15) is 24.8 Å². The molecular formula is C12H15F2NO. The summed E-state index contributed by atoms with van der Waals surface area (Å²) in [6, 6.07) is 3.98. The number of hydrogen-bond donors (Lipinski definition) is 2. The Kier molecular flexibility index (Phi) is 2.95. The molecule has 16 heavy (non-hydrogen) atoms. The number of halogens is 2. The Morgan fingerprint density at radius 3 is 2.81 bits per heavy atom. The summed E-state index contributed by atoms with van der Waals surface area (Å²) >= 11 is 0. The zero-order valence-electron chi connectivity index (χ0n) is 8.92. The van der Waals surface area contributed by atoms with E-state index in [9.17, 15) is 13.9 Å². The standard InChI is InChI=1S/C12H15F2NO/c13-10-3-1-2-8(11(10)14)6-12(16)5-4-9(15)7-12/h1-3,9,16H,4-7,15H2. The zero-order valence-corrected chi connectivity index (χ0v) is 8.92. The number of benzene rings is 1. The van der Waals surface area contributed by atoms with E-state index < -0.39 is 17.2 Å². The van der Waals surface area contributed by atoms with Crippen molar-refractivity contribution in [2.45, 2.75) is 37.3 Å². The lowest BCUT2D eigenvalue weighted by Crippen LogP contribution is -2.30. The predicted molar refractivity (Wildman–Crippen MR) is 56.8 cm³/mol. The molecule has 3 N–H and O–H groups in total. The number of nitrogens with two attached hydrogens (primary N) is 1. The van der Waals surface area contributed by atoms with E-state index in [2.05, 4.69) is 0 Å². The van der Waals surface area contributed by atoms with Crippen LogP contribution < -0.4 is 5.73 Å². The molecule has 2 atom stereocenters. The molecule has 0 spiro atoms. The van der Waals surface area contributed by atoms with Crippen LogP contribution in [0.15, 0.2) is 18.2 Å². The minimum Gasteiger partial charge on any atom is -0.389 e. The van der Waals surface area contributed by atoms with E-state index >= 15 is 0 Å². The van der Waals surface area contributed by atoms with E-state index in [0.717, 1.165) is 12.5 Å². The second kappa shape index (κ2) is 4.11. The fourth-order valence-electron chi connectivity index (χ4n) is 2.35. The van der Waals surface area contributed by atoms with Gasteiger partial charge in [0, 0.05) is 12.5 Å². The molecule has 0 aromatic heterocycles. The van der Waals surface area contributed by atoms with Gasteiger partial charge in [0.1, 0.15) is 0 Å². The van der Waals surface area contributed by atoms with Crippen LogP contribution in [0.25, 0.3) is 0 Å². The van der Waals surface area contributed by atoms with Crippen molar-refractivity contribution in [3.05, 3.63) is 35.4 Å². The van der Waals surface area contributed by atoms with Gasteiger partial charge < -0.3 is 10.8 Å². The summed E-state index contributed by atoms with van der Waals surface area (Å²) in [6.07, 6.45) is 1.85. The summed E-state index contributed by atoms with van der Waals surface area (Å²) < 4.78 is 26.4. The normalized spacial score (nSPS) is 29.6. The van der Waals surface area contributed by atoms with Crippen LogP contribution in [-0.2, 0) is 6.42 Å². The molecule has 1 aromatic rings. The highest BCUT2D eigenvalue weighted by atomic mass is 19.2. The van der Waals surface area contributed by atoms with Gasteiger partial charge in [0.2, 0.25) is 0 Å². The largest absolute Gasteiger partial charge is 0.389 e. The first-order chi connectivity index (χ1) is 7.50. The van der Waals surface area contributed by atoms with Crippen LogP contribution in [0, 0.1) is 11.6 Å². The van der Waals surface area contributed by atoms with Crippen molar-refractivity contribution in [2.24, 2.45) is 5.73 Å². The van der Waals surface area contributed by atoms with Crippen molar-refractivity contribution in [3.8, 4) is 0 Å². The second-order valence-electron chi connectivity index (χ2n) is 4.62. The molecule has 1 aliphatic rings. The van der Waals surface area contributed by atoms with Gasteiger partial charge in [-0.3, -0.25) is 0 Å². The van der Waals surface area contributed by atoms with Gasteiger partial charge in [-0.2, -0.15) is 0 Å². The number of rotatable bonds is 2. The van der Waals surface area contributed by atoms with Gasteiger partial charge in [0.15, 0.2) is 11.6 Å². The Morgan fingerprint density at radius 2 is 2.19 bits per heavy atom. The molecule has 88 valence electrons. The smallest absolute Gasteiger partial charge is 0.162 e. The van der Waals surface area contributed by atoms with E-state index in [0.29, 0.717) is 12.8 Å².